The number of methoxy groups -OCH3 is 1. The van der Waals surface area contributed by atoms with Gasteiger partial charge in [-0.3, -0.25) is 43.2 Å². The highest BCUT2D eigenvalue weighted by molar-refractivity contribution is 7.98. The maximum atomic E-state index is 12.9. The fourth-order valence-corrected chi connectivity index (χ4v) is 19.7. The molecule has 0 radical (unpaired) electrons. The standard InChI is InChI=1S/C31H35N3O4.C29H34N4O3S.C29H32N4O3.C26H27N3O3/c1-19-16-28(33-25-13-10-22(11-14-25)30(37)38-31(4,5)6)27-18-24(12-15-29(27)34(19)21(3)36)23-8-7-9-26(17-23)32-20(2)35;1-19-16-28(31-24-11-13-26(14-12-24)37(6,36)32(4)5)27-18-23(10-15-29(27)33(19)21(3)35)22-8-7-9-25(17-22)30-20(2)34;1-18-15-27(31-24-12-9-21(10-13-24)29(36)32(4)5)26-17-23(11-14-28(26)33(18)20(3)35)22-7-6-8-25(16-22)30-19(2)34;1-17(30)27-21-8-6-7-19(15-21)20-11-12-25-22(16-20)23(13-14-29(25)18(2)31)28-24-9-4-5-10-26(24)32-3/h7-15,17-19,28,33H,16H2,1-6H3,(H,32,35);7-15,17-19,28,31H,6,16H2,1-5H3,(H,30,34);6-14,16-18,27,31H,15H2,1-5H3,(H,30,34);4-12,15-16,23,28H,13-14H2,1-3H3,(H,27,30)/t19-,28+;19-,28+,37?;18-,27+;/m000./s1. The minimum absolute atomic E-state index is 0.000630. The molecule has 742 valence electrons. The SMILES string of the molecule is C=S(=O)(c1ccc(N[C@@H]2C[C@H](C)N(C(C)=O)c3ccc(-c4cccc(NC(C)=O)c4)cc32)cc1)N(C)C.CC(=O)Nc1cccc(-c2ccc3c(c2)[C@H](Nc2ccc(C(=O)N(C)C)cc2)C[C@H](C)N3C(C)=O)c1.CC(=O)Nc1cccc(-c2ccc3c(c2)[C@H](Nc2ccc(C(=O)OC(C)(C)C)cc2)C[C@H](C)N3C(C)=O)c1.COc1ccccc1NC1CCN(C(C)=O)c2ccc(-c3cccc(NC(C)=O)c3)cc21. The summed E-state index contributed by atoms with van der Waals surface area (Å²) < 4.78 is 25.5. The Morgan fingerprint density at radius 1 is 0.364 bits per heavy atom. The first-order valence-corrected chi connectivity index (χ1v) is 49.4. The summed E-state index contributed by atoms with van der Waals surface area (Å²) >= 11 is 0. The van der Waals surface area contributed by atoms with E-state index >= 15 is 0 Å². The molecule has 16 rings (SSSR count). The van der Waals surface area contributed by atoms with Gasteiger partial charge in [0.15, 0.2) is 0 Å². The second kappa shape index (κ2) is 45.7. The largest absolute Gasteiger partial charge is 0.495 e. The molecule has 8 N–H and O–H groups in total. The van der Waals surface area contributed by atoms with Crippen molar-refractivity contribution in [2.75, 3.05) is 104 Å². The third-order valence-corrected chi connectivity index (χ3v) is 27.4. The van der Waals surface area contributed by atoms with Crippen LogP contribution >= 0.6 is 0 Å². The van der Waals surface area contributed by atoms with Gasteiger partial charge in [0.2, 0.25) is 47.3 Å². The van der Waals surface area contributed by atoms with E-state index < -0.39 is 15.3 Å². The van der Waals surface area contributed by atoms with Gasteiger partial charge in [0, 0.05) is 167 Å². The normalized spacial score (nSPS) is 16.8. The summed E-state index contributed by atoms with van der Waals surface area (Å²) in [5, 5.41) is 25.8. The third-order valence-electron chi connectivity index (χ3n) is 25.2. The van der Waals surface area contributed by atoms with Crippen molar-refractivity contribution in [1.82, 2.24) is 9.21 Å². The van der Waals surface area contributed by atoms with Crippen molar-refractivity contribution >= 4 is 143 Å². The molecule has 9 amide bonds. The molecule has 4 heterocycles. The Kier molecular flexibility index (Phi) is 33.5. The van der Waals surface area contributed by atoms with Crippen LogP contribution in [0.3, 0.4) is 0 Å². The average molecular weight is 1950 g/mol. The summed E-state index contributed by atoms with van der Waals surface area (Å²) in [4.78, 5) is 130. The van der Waals surface area contributed by atoms with Crippen molar-refractivity contribution < 1.29 is 61.6 Å². The highest BCUT2D eigenvalue weighted by atomic mass is 32.2. The first-order chi connectivity index (χ1) is 68.0. The minimum Gasteiger partial charge on any atom is -0.495 e. The quantitative estimate of drug-likeness (QED) is 0.0245. The molecule has 12 aromatic carbocycles. The summed E-state index contributed by atoms with van der Waals surface area (Å²) in [6.07, 6.45) is 2.96. The van der Waals surface area contributed by atoms with Gasteiger partial charge in [0.1, 0.15) is 11.4 Å². The van der Waals surface area contributed by atoms with Crippen LogP contribution in [0.25, 0.3) is 44.5 Å². The van der Waals surface area contributed by atoms with Gasteiger partial charge in [-0.1, -0.05) is 84.9 Å². The van der Waals surface area contributed by atoms with E-state index in [1.165, 1.54) is 27.7 Å². The van der Waals surface area contributed by atoms with E-state index in [4.69, 9.17) is 9.47 Å². The molecule has 2 unspecified atom stereocenters. The number of amides is 9. The number of nitrogens with one attached hydrogen (secondary N) is 8. The molecule has 0 fully saturated rings. The molecule has 0 aliphatic carbocycles. The Balaban J connectivity index is 0.000000160. The van der Waals surface area contributed by atoms with E-state index in [1.54, 1.807) is 84.3 Å². The number of para-hydroxylation sites is 2. The van der Waals surface area contributed by atoms with E-state index in [2.05, 4.69) is 93.4 Å². The first-order valence-electron chi connectivity index (χ1n) is 47.7. The van der Waals surface area contributed by atoms with Crippen LogP contribution in [0.1, 0.15) is 190 Å². The van der Waals surface area contributed by atoms with Crippen molar-refractivity contribution in [1.29, 1.82) is 0 Å². The van der Waals surface area contributed by atoms with Crippen molar-refractivity contribution in [3.8, 4) is 50.3 Å². The first kappa shape index (κ1) is 105. The summed E-state index contributed by atoms with van der Waals surface area (Å²) in [6, 6.07) is 85.5. The summed E-state index contributed by atoms with van der Waals surface area (Å²) in [5.74, 6) is 3.84. The Bertz CT molecular complexity index is 6880. The van der Waals surface area contributed by atoms with Crippen LogP contribution in [0, 0.1) is 0 Å². The monoisotopic (exact) mass is 1940 g/mol. The van der Waals surface area contributed by atoms with E-state index in [9.17, 15) is 52.2 Å². The topological polar surface area (TPSA) is 322 Å². The molecule has 143 heavy (non-hydrogen) atoms. The van der Waals surface area contributed by atoms with Crippen LogP contribution in [-0.4, -0.2) is 144 Å². The van der Waals surface area contributed by atoms with Gasteiger partial charge in [-0.05, 0) is 336 Å². The predicted octanol–water partition coefficient (Wildman–Crippen LogP) is 22.3. The molecule has 28 heteroatoms. The lowest BCUT2D eigenvalue weighted by atomic mass is 9.88. The lowest BCUT2D eigenvalue weighted by Gasteiger charge is -2.40. The van der Waals surface area contributed by atoms with Crippen molar-refractivity contribution in [3.63, 3.8) is 0 Å². The number of nitrogens with zero attached hydrogens (tertiary/aromatic N) is 6. The predicted molar refractivity (Wildman–Crippen MR) is 577 cm³/mol. The summed E-state index contributed by atoms with van der Waals surface area (Å²) in [5.41, 5.74) is 22.7. The lowest BCUT2D eigenvalue weighted by Crippen LogP contribution is -2.43. The fourth-order valence-electron chi connectivity index (χ4n) is 18.7. The minimum atomic E-state index is -2.51. The highest BCUT2D eigenvalue weighted by Crippen LogP contribution is 2.47. The maximum Gasteiger partial charge on any atom is 0.338 e. The van der Waals surface area contributed by atoms with Crippen molar-refractivity contribution in [3.05, 3.63) is 300 Å². The van der Waals surface area contributed by atoms with Gasteiger partial charge >= 0.3 is 5.97 Å². The fraction of sp³-hybridized carbons (Fsp3) is 0.278. The van der Waals surface area contributed by atoms with Gasteiger partial charge in [-0.15, -0.1) is 0 Å². The van der Waals surface area contributed by atoms with E-state index in [0.717, 1.165) is 166 Å². The molecule has 4 aliphatic heterocycles. The highest BCUT2D eigenvalue weighted by Gasteiger charge is 2.38. The summed E-state index contributed by atoms with van der Waals surface area (Å²) in [6.45, 7) is 24.7. The number of rotatable bonds is 21. The molecular formula is C115H128N14O13S. The van der Waals surface area contributed by atoms with Gasteiger partial charge in [-0.25, -0.2) is 13.3 Å². The molecular weight excluding hydrogens is 1820 g/mol. The Morgan fingerprint density at radius 2 is 0.685 bits per heavy atom. The number of carbonyl (C=O) groups excluding carboxylic acids is 10. The Labute approximate surface area is 838 Å². The number of fused-ring (bicyclic) bond motifs is 4. The third kappa shape index (κ3) is 26.1. The van der Waals surface area contributed by atoms with E-state index in [1.807, 2.05) is 271 Å². The second-order valence-corrected chi connectivity index (χ2v) is 40.3. The van der Waals surface area contributed by atoms with Crippen LogP contribution in [0.4, 0.5) is 68.2 Å². The number of carbonyl (C=O) groups is 10. The van der Waals surface area contributed by atoms with Crippen LogP contribution in [-0.2, 0) is 52.8 Å². The maximum absolute atomic E-state index is 12.9. The summed E-state index contributed by atoms with van der Waals surface area (Å²) in [7, 11) is 6.13. The smallest absolute Gasteiger partial charge is 0.338 e. The molecule has 0 saturated carbocycles. The number of hydrogen-bond acceptors (Lipinski definition) is 17. The van der Waals surface area contributed by atoms with Crippen molar-refractivity contribution in [2.24, 2.45) is 0 Å². The van der Waals surface area contributed by atoms with Crippen LogP contribution < -0.4 is 66.9 Å². The van der Waals surface area contributed by atoms with Crippen LogP contribution in [0.2, 0.25) is 0 Å². The number of hydrogen-bond donors (Lipinski definition) is 8. The molecule has 8 atom stereocenters. The Morgan fingerprint density at radius 3 is 1.00 bits per heavy atom. The molecule has 0 spiro atoms. The number of benzene rings is 12. The zero-order valence-corrected chi connectivity index (χ0v) is 85.4. The molecule has 12 aromatic rings. The number of ether oxygens (including phenoxy) is 2. The molecule has 0 bridgehead atoms. The Hall–Kier alpha value is -15.7. The average Bonchev–Trinajstić information content (AvgIpc) is 0.889. The van der Waals surface area contributed by atoms with Gasteiger partial charge in [-0.2, -0.15) is 0 Å². The molecule has 0 aromatic heterocycles. The van der Waals surface area contributed by atoms with Crippen LogP contribution in [0.15, 0.2) is 272 Å². The molecule has 4 aliphatic rings. The van der Waals surface area contributed by atoms with E-state index in [-0.39, 0.29) is 101 Å². The zero-order valence-electron chi connectivity index (χ0n) is 84.6. The van der Waals surface area contributed by atoms with Crippen LogP contribution in [0.5, 0.6) is 5.75 Å². The number of anilines is 12. The zero-order chi connectivity index (χ0) is 103. The van der Waals surface area contributed by atoms with Gasteiger partial charge in [0.05, 0.1) is 52.2 Å². The van der Waals surface area contributed by atoms with Crippen molar-refractivity contribution in [2.45, 2.75) is 175 Å². The van der Waals surface area contributed by atoms with Gasteiger partial charge in [0.25, 0.3) is 5.91 Å². The molecule has 27 nitrogen and oxygen atoms in total. The van der Waals surface area contributed by atoms with Gasteiger partial charge < -0.3 is 76.5 Å². The number of esters is 1. The van der Waals surface area contributed by atoms with E-state index in [0.29, 0.717) is 22.6 Å². The second-order valence-electron chi connectivity index (χ2n) is 37.8. The molecule has 0 saturated heterocycles. The lowest BCUT2D eigenvalue weighted by molar-refractivity contribution is -0.118.